The van der Waals surface area contributed by atoms with Gasteiger partial charge in [0, 0.05) is 6.54 Å². The molecule has 0 saturated carbocycles. The van der Waals surface area contributed by atoms with Crippen molar-refractivity contribution in [2.24, 2.45) is 5.73 Å². The standard InChI is InChI=1S/C14H20N2O2.ClH/c1-10(15)14(17)16-8-4-7-13(16)11-5-3-6-12(9-11)18-2;/h3,5-6,9-10,13H,4,7-8,15H2,1-2H3;1H. The first-order valence-electron chi connectivity index (χ1n) is 6.33. The van der Waals surface area contributed by atoms with Crippen LogP contribution in [0.3, 0.4) is 0 Å². The van der Waals surface area contributed by atoms with E-state index < -0.39 is 6.04 Å². The molecule has 1 aliphatic rings. The van der Waals surface area contributed by atoms with Crippen molar-refractivity contribution in [3.63, 3.8) is 0 Å². The zero-order valence-electron chi connectivity index (χ0n) is 11.3. The fourth-order valence-electron chi connectivity index (χ4n) is 2.49. The van der Waals surface area contributed by atoms with E-state index in [-0.39, 0.29) is 24.4 Å². The fraction of sp³-hybridized carbons (Fsp3) is 0.500. The van der Waals surface area contributed by atoms with E-state index in [2.05, 4.69) is 0 Å². The molecule has 1 fully saturated rings. The van der Waals surface area contributed by atoms with Gasteiger partial charge in [0.1, 0.15) is 5.75 Å². The first-order valence-corrected chi connectivity index (χ1v) is 6.33. The maximum atomic E-state index is 12.1. The third-order valence-corrected chi connectivity index (χ3v) is 3.40. The van der Waals surface area contributed by atoms with Gasteiger partial charge in [-0.05, 0) is 37.5 Å². The molecular formula is C14H21ClN2O2. The maximum Gasteiger partial charge on any atom is 0.239 e. The Labute approximate surface area is 120 Å². The van der Waals surface area contributed by atoms with Crippen LogP contribution >= 0.6 is 12.4 Å². The summed E-state index contributed by atoms with van der Waals surface area (Å²) in [5.41, 5.74) is 6.82. The van der Waals surface area contributed by atoms with E-state index in [1.165, 1.54) is 0 Å². The van der Waals surface area contributed by atoms with E-state index in [0.29, 0.717) is 0 Å². The van der Waals surface area contributed by atoms with Crippen molar-refractivity contribution < 1.29 is 9.53 Å². The first kappa shape index (κ1) is 15.8. The highest BCUT2D eigenvalue weighted by molar-refractivity contribution is 5.85. The Morgan fingerprint density at radius 3 is 2.89 bits per heavy atom. The average molecular weight is 285 g/mol. The van der Waals surface area contributed by atoms with Crippen LogP contribution in [0.2, 0.25) is 0 Å². The Hall–Kier alpha value is -1.26. The van der Waals surface area contributed by atoms with Crippen molar-refractivity contribution >= 4 is 18.3 Å². The van der Waals surface area contributed by atoms with E-state index >= 15 is 0 Å². The van der Waals surface area contributed by atoms with Gasteiger partial charge in [-0.15, -0.1) is 12.4 Å². The molecule has 1 heterocycles. The fourth-order valence-corrected chi connectivity index (χ4v) is 2.49. The van der Waals surface area contributed by atoms with E-state index in [1.54, 1.807) is 14.0 Å². The van der Waals surface area contributed by atoms with Crippen LogP contribution < -0.4 is 10.5 Å². The lowest BCUT2D eigenvalue weighted by molar-refractivity contribution is -0.133. The summed E-state index contributed by atoms with van der Waals surface area (Å²) in [5.74, 6) is 0.855. The minimum absolute atomic E-state index is 0. The van der Waals surface area contributed by atoms with Gasteiger partial charge in [0.2, 0.25) is 5.91 Å². The zero-order chi connectivity index (χ0) is 13.1. The summed E-state index contributed by atoms with van der Waals surface area (Å²) in [4.78, 5) is 13.9. The second-order valence-electron chi connectivity index (χ2n) is 4.75. The summed E-state index contributed by atoms with van der Waals surface area (Å²) in [5, 5.41) is 0. The van der Waals surface area contributed by atoms with Gasteiger partial charge in [0.25, 0.3) is 0 Å². The predicted molar refractivity (Wildman–Crippen MR) is 77.6 cm³/mol. The van der Waals surface area contributed by atoms with Crippen LogP contribution in [-0.2, 0) is 4.79 Å². The number of nitrogens with two attached hydrogens (primary N) is 1. The molecule has 2 unspecified atom stereocenters. The molecule has 2 atom stereocenters. The van der Waals surface area contributed by atoms with Gasteiger partial charge < -0.3 is 15.4 Å². The second kappa shape index (κ2) is 6.78. The van der Waals surface area contributed by atoms with Crippen LogP contribution in [0.1, 0.15) is 31.4 Å². The number of halogens is 1. The first-order chi connectivity index (χ1) is 8.63. The second-order valence-corrected chi connectivity index (χ2v) is 4.75. The van der Waals surface area contributed by atoms with Crippen LogP contribution in [0, 0.1) is 0 Å². The third-order valence-electron chi connectivity index (χ3n) is 3.40. The average Bonchev–Trinajstić information content (AvgIpc) is 2.86. The molecule has 0 spiro atoms. The number of hydrogen-bond donors (Lipinski definition) is 1. The molecule has 1 amide bonds. The van der Waals surface area contributed by atoms with Crippen LogP contribution in [0.4, 0.5) is 0 Å². The largest absolute Gasteiger partial charge is 0.497 e. The molecule has 1 saturated heterocycles. The summed E-state index contributed by atoms with van der Waals surface area (Å²) >= 11 is 0. The highest BCUT2D eigenvalue weighted by Gasteiger charge is 2.31. The Kier molecular flexibility index (Phi) is 5.63. The van der Waals surface area contributed by atoms with Gasteiger partial charge >= 0.3 is 0 Å². The molecule has 106 valence electrons. The van der Waals surface area contributed by atoms with Crippen molar-refractivity contribution in [1.29, 1.82) is 0 Å². The predicted octanol–water partition coefficient (Wildman–Crippen LogP) is 2.13. The Morgan fingerprint density at radius 2 is 2.26 bits per heavy atom. The normalized spacial score (nSPS) is 19.7. The van der Waals surface area contributed by atoms with Crippen molar-refractivity contribution in [2.45, 2.75) is 31.8 Å². The number of benzene rings is 1. The van der Waals surface area contributed by atoms with Crippen LogP contribution in [0.15, 0.2) is 24.3 Å². The third kappa shape index (κ3) is 3.39. The number of amides is 1. The van der Waals surface area contributed by atoms with E-state index in [0.717, 1.165) is 30.7 Å². The van der Waals surface area contributed by atoms with Crippen molar-refractivity contribution in [3.05, 3.63) is 29.8 Å². The van der Waals surface area contributed by atoms with Gasteiger partial charge in [0.05, 0.1) is 19.2 Å². The number of hydrogen-bond acceptors (Lipinski definition) is 3. The smallest absolute Gasteiger partial charge is 0.239 e. The zero-order valence-corrected chi connectivity index (χ0v) is 12.2. The van der Waals surface area contributed by atoms with Crippen molar-refractivity contribution in [3.8, 4) is 5.75 Å². The minimum Gasteiger partial charge on any atom is -0.497 e. The number of carbonyl (C=O) groups is 1. The number of carbonyl (C=O) groups excluding carboxylic acids is 1. The monoisotopic (exact) mass is 284 g/mol. The summed E-state index contributed by atoms with van der Waals surface area (Å²) in [7, 11) is 1.65. The molecule has 5 heteroatoms. The van der Waals surface area contributed by atoms with E-state index in [4.69, 9.17) is 10.5 Å². The Morgan fingerprint density at radius 1 is 1.53 bits per heavy atom. The van der Waals surface area contributed by atoms with E-state index in [9.17, 15) is 4.79 Å². The molecule has 0 bridgehead atoms. The molecule has 0 radical (unpaired) electrons. The van der Waals surface area contributed by atoms with Gasteiger partial charge in [-0.1, -0.05) is 12.1 Å². The highest BCUT2D eigenvalue weighted by atomic mass is 35.5. The van der Waals surface area contributed by atoms with Gasteiger partial charge in [-0.25, -0.2) is 0 Å². The summed E-state index contributed by atoms with van der Waals surface area (Å²) in [6.45, 7) is 2.53. The molecule has 2 N–H and O–H groups in total. The number of ether oxygens (including phenoxy) is 1. The Bertz CT molecular complexity index is 437. The van der Waals surface area contributed by atoms with Crippen molar-refractivity contribution in [1.82, 2.24) is 4.90 Å². The highest BCUT2D eigenvalue weighted by Crippen LogP contribution is 2.33. The molecular weight excluding hydrogens is 264 g/mol. The number of likely N-dealkylation sites (tertiary alicyclic amines) is 1. The van der Waals surface area contributed by atoms with E-state index in [1.807, 2.05) is 29.2 Å². The molecule has 0 aromatic heterocycles. The number of methoxy groups -OCH3 is 1. The summed E-state index contributed by atoms with van der Waals surface area (Å²) in [6.07, 6.45) is 2.02. The Balaban J connectivity index is 0.00000180. The van der Waals surface area contributed by atoms with Gasteiger partial charge in [-0.2, -0.15) is 0 Å². The summed E-state index contributed by atoms with van der Waals surface area (Å²) < 4.78 is 5.23. The maximum absolute atomic E-state index is 12.1. The SMILES string of the molecule is COc1cccc(C2CCCN2C(=O)C(C)N)c1.Cl. The number of nitrogens with zero attached hydrogens (tertiary/aromatic N) is 1. The van der Waals surface area contributed by atoms with Crippen LogP contribution in [0.25, 0.3) is 0 Å². The summed E-state index contributed by atoms with van der Waals surface area (Å²) in [6, 6.07) is 7.61. The lowest BCUT2D eigenvalue weighted by Gasteiger charge is -2.26. The van der Waals surface area contributed by atoms with Gasteiger partial charge in [-0.3, -0.25) is 4.79 Å². The molecule has 19 heavy (non-hydrogen) atoms. The molecule has 0 aliphatic carbocycles. The van der Waals surface area contributed by atoms with Crippen LogP contribution in [-0.4, -0.2) is 30.5 Å². The molecule has 1 aliphatic heterocycles. The molecule has 4 nitrogen and oxygen atoms in total. The molecule has 2 rings (SSSR count). The topological polar surface area (TPSA) is 55.6 Å². The van der Waals surface area contributed by atoms with Gasteiger partial charge in [0.15, 0.2) is 0 Å². The quantitative estimate of drug-likeness (QED) is 0.925. The molecule has 1 aromatic carbocycles. The lowest BCUT2D eigenvalue weighted by Crippen LogP contribution is -2.41. The minimum atomic E-state index is -0.434. The number of rotatable bonds is 3. The molecule has 1 aromatic rings. The van der Waals surface area contributed by atoms with Crippen LogP contribution in [0.5, 0.6) is 5.75 Å². The van der Waals surface area contributed by atoms with Crippen molar-refractivity contribution in [2.75, 3.05) is 13.7 Å². The lowest BCUT2D eigenvalue weighted by atomic mass is 10.0.